The van der Waals surface area contributed by atoms with Crippen molar-refractivity contribution < 1.29 is 4.86 Å². The summed E-state index contributed by atoms with van der Waals surface area (Å²) >= 11 is 0. The molecule has 0 radical (unpaired) electrons. The van der Waals surface area contributed by atoms with E-state index in [1.807, 2.05) is 60.7 Å². The van der Waals surface area contributed by atoms with E-state index in [-0.39, 0.29) is 0 Å². The normalized spacial score (nSPS) is 11.4. The second kappa shape index (κ2) is 5.80. The lowest BCUT2D eigenvalue weighted by Gasteiger charge is -2.01. The summed E-state index contributed by atoms with van der Waals surface area (Å²) in [6.07, 6.45) is 0. The topological polar surface area (TPSA) is 38.4 Å². The van der Waals surface area contributed by atoms with E-state index >= 15 is 0 Å². The van der Waals surface area contributed by atoms with Crippen LogP contribution < -0.4 is 0 Å². The van der Waals surface area contributed by atoms with Gasteiger partial charge in [-0.1, -0.05) is 65.5 Å². The van der Waals surface area contributed by atoms with Crippen molar-refractivity contribution in [3.63, 3.8) is 0 Å². The van der Waals surface area contributed by atoms with Gasteiger partial charge in [-0.2, -0.15) is 0 Å². The zero-order valence-corrected chi connectivity index (χ0v) is 9.49. The van der Waals surface area contributed by atoms with Crippen LogP contribution in [0.4, 0.5) is 0 Å². The third-order valence-electron chi connectivity index (χ3n) is 2.41. The average Bonchev–Trinajstić information content (AvgIpc) is 2.39. The molecule has 0 fully saturated rings. The van der Waals surface area contributed by atoms with Crippen molar-refractivity contribution >= 4 is 0 Å². The fourth-order valence-electron chi connectivity index (χ4n) is 1.53. The van der Waals surface area contributed by atoms with Crippen molar-refractivity contribution in [2.75, 3.05) is 0 Å². The Kier molecular flexibility index (Phi) is 3.86. The first kappa shape index (κ1) is 11.3. The van der Waals surface area contributed by atoms with Crippen LogP contribution in [0.2, 0.25) is 0 Å². The second-order valence-corrected chi connectivity index (χ2v) is 3.78. The lowest BCUT2D eigenvalue weighted by molar-refractivity contribution is -0.547. The Morgan fingerprint density at radius 1 is 0.824 bits per heavy atom. The third kappa shape index (κ3) is 3.72. The van der Waals surface area contributed by atoms with E-state index in [1.54, 1.807) is 0 Å². The molecular formula is C14H14N2O. The third-order valence-corrected chi connectivity index (χ3v) is 2.41. The van der Waals surface area contributed by atoms with Crippen LogP contribution in [0.25, 0.3) is 0 Å². The summed E-state index contributed by atoms with van der Waals surface area (Å²) in [6, 6.07) is 19.4. The number of rotatable bonds is 4. The molecule has 3 nitrogen and oxygen atoms in total. The van der Waals surface area contributed by atoms with Gasteiger partial charge in [0.2, 0.25) is 6.54 Å². The van der Waals surface area contributed by atoms with Gasteiger partial charge in [-0.15, -0.1) is 0 Å². The first-order valence-corrected chi connectivity index (χ1v) is 5.54. The summed E-state index contributed by atoms with van der Waals surface area (Å²) in [5.41, 5.74) is 2.01. The molecule has 2 aromatic rings. The van der Waals surface area contributed by atoms with Crippen LogP contribution >= 0.6 is 0 Å². The van der Waals surface area contributed by atoms with Crippen LogP contribution in [0.1, 0.15) is 11.1 Å². The maximum atomic E-state index is 11.5. The molecule has 0 aliphatic carbocycles. The van der Waals surface area contributed by atoms with Gasteiger partial charge in [-0.05, 0) is 10.7 Å². The van der Waals surface area contributed by atoms with E-state index in [2.05, 4.69) is 5.11 Å². The van der Waals surface area contributed by atoms with Gasteiger partial charge >= 0.3 is 0 Å². The van der Waals surface area contributed by atoms with Gasteiger partial charge in [-0.25, -0.2) is 0 Å². The first-order valence-electron chi connectivity index (χ1n) is 5.54. The van der Waals surface area contributed by atoms with E-state index in [1.165, 1.54) is 0 Å². The zero-order chi connectivity index (χ0) is 11.9. The van der Waals surface area contributed by atoms with E-state index in [0.717, 1.165) is 16.0 Å². The molecule has 0 spiro atoms. The smallest absolute Gasteiger partial charge is 0.205 e. The predicted octanol–water partition coefficient (Wildman–Crippen LogP) is 3.35. The van der Waals surface area contributed by atoms with Gasteiger partial charge in [0.15, 0.2) is 0 Å². The van der Waals surface area contributed by atoms with E-state index in [9.17, 15) is 5.21 Å². The second-order valence-electron chi connectivity index (χ2n) is 3.78. The molecule has 3 heteroatoms. The molecule has 86 valence electrons. The number of azo groups is 1. The Morgan fingerprint density at radius 3 is 1.94 bits per heavy atom. The van der Waals surface area contributed by atoms with Crippen LogP contribution in [0.3, 0.4) is 0 Å². The number of hydroxylamine groups is 1. The molecule has 0 atom stereocenters. The fraction of sp³-hybridized carbons (Fsp3) is 0.143. The van der Waals surface area contributed by atoms with E-state index < -0.39 is 0 Å². The van der Waals surface area contributed by atoms with Crippen molar-refractivity contribution in [3.05, 3.63) is 77.0 Å². The van der Waals surface area contributed by atoms with Gasteiger partial charge in [0.05, 0.1) is 0 Å². The molecule has 0 unspecified atom stereocenters. The highest BCUT2D eigenvalue weighted by atomic mass is 16.5. The summed E-state index contributed by atoms with van der Waals surface area (Å²) in [7, 11) is 0. The van der Waals surface area contributed by atoms with E-state index in [0.29, 0.717) is 13.1 Å². The summed E-state index contributed by atoms with van der Waals surface area (Å²) in [6.45, 7) is 0.727. The number of hydrogen-bond donors (Lipinski definition) is 0. The van der Waals surface area contributed by atoms with Gasteiger partial charge in [-0.3, -0.25) is 0 Å². The van der Waals surface area contributed by atoms with Crippen molar-refractivity contribution in [2.24, 2.45) is 5.11 Å². The molecule has 17 heavy (non-hydrogen) atoms. The molecule has 2 aromatic carbocycles. The molecule has 0 aromatic heterocycles. The zero-order valence-electron chi connectivity index (χ0n) is 9.49. The number of nitrogens with zero attached hydrogens (tertiary/aromatic N) is 2. The number of benzene rings is 2. The summed E-state index contributed by atoms with van der Waals surface area (Å²) in [5, 5.41) is 15.5. The molecule has 0 heterocycles. The minimum absolute atomic E-state index is 0.299. The van der Waals surface area contributed by atoms with Gasteiger partial charge in [0.1, 0.15) is 6.54 Å². The van der Waals surface area contributed by atoms with Crippen molar-refractivity contribution in [1.82, 2.24) is 0 Å². The Labute approximate surface area is 101 Å². The molecule has 0 amide bonds. The number of hydrogen-bond acceptors (Lipinski definition) is 2. The van der Waals surface area contributed by atoms with Gasteiger partial charge in [0, 0.05) is 5.56 Å². The predicted molar refractivity (Wildman–Crippen MR) is 66.3 cm³/mol. The van der Waals surface area contributed by atoms with Crippen LogP contribution in [0.5, 0.6) is 0 Å². The van der Waals surface area contributed by atoms with Gasteiger partial charge < -0.3 is 5.21 Å². The molecule has 0 bridgehead atoms. The highest BCUT2D eigenvalue weighted by Crippen LogP contribution is 2.03. The van der Waals surface area contributed by atoms with Crippen LogP contribution in [-0.4, -0.2) is 4.86 Å². The van der Waals surface area contributed by atoms with Gasteiger partial charge in [0.25, 0.3) is 0 Å². The highest BCUT2D eigenvalue weighted by molar-refractivity contribution is 5.14. The SMILES string of the molecule is [O-][N+](Cc1ccccc1)=NCc1ccccc1. The van der Waals surface area contributed by atoms with Crippen molar-refractivity contribution in [1.29, 1.82) is 0 Å². The molecule has 0 aliphatic heterocycles. The maximum Gasteiger partial charge on any atom is 0.205 e. The highest BCUT2D eigenvalue weighted by Gasteiger charge is 1.99. The first-order chi connectivity index (χ1) is 8.34. The molecule has 0 saturated carbocycles. The molecular weight excluding hydrogens is 212 g/mol. The lowest BCUT2D eigenvalue weighted by Crippen LogP contribution is -2.01. The Hall–Kier alpha value is -2.16. The van der Waals surface area contributed by atoms with Crippen molar-refractivity contribution in [3.8, 4) is 0 Å². The minimum Gasteiger partial charge on any atom is -0.600 e. The quantitative estimate of drug-likeness (QED) is 0.447. The lowest BCUT2D eigenvalue weighted by atomic mass is 10.2. The van der Waals surface area contributed by atoms with Crippen LogP contribution in [-0.2, 0) is 13.1 Å². The minimum atomic E-state index is 0.299. The standard InChI is InChI=1S/C14H14N2O/c17-16(12-14-9-5-2-6-10-14)15-11-13-7-3-1-4-8-13/h1-10H,11-12H2. The maximum absolute atomic E-state index is 11.5. The molecule has 0 N–H and O–H groups in total. The van der Waals surface area contributed by atoms with Crippen LogP contribution in [0, 0.1) is 5.21 Å². The molecule has 0 aliphatic rings. The average molecular weight is 226 g/mol. The van der Waals surface area contributed by atoms with Crippen LogP contribution in [0.15, 0.2) is 65.8 Å². The largest absolute Gasteiger partial charge is 0.600 e. The Bertz CT molecular complexity index is 480. The monoisotopic (exact) mass is 226 g/mol. The summed E-state index contributed by atoms with van der Waals surface area (Å²) in [5.74, 6) is 0. The summed E-state index contributed by atoms with van der Waals surface area (Å²) in [4.78, 5) is 0.738. The Balaban J connectivity index is 1.94. The Morgan fingerprint density at radius 2 is 1.35 bits per heavy atom. The van der Waals surface area contributed by atoms with E-state index in [4.69, 9.17) is 0 Å². The fourth-order valence-corrected chi connectivity index (χ4v) is 1.53. The molecule has 0 saturated heterocycles. The van der Waals surface area contributed by atoms with Crippen molar-refractivity contribution in [2.45, 2.75) is 13.1 Å². The summed E-state index contributed by atoms with van der Waals surface area (Å²) < 4.78 is 0. The molecule has 2 rings (SSSR count).